The number of ether oxygens (including phenoxy) is 1. The number of hydrogen-bond acceptors (Lipinski definition) is 5. The molecule has 0 bridgehead atoms. The van der Waals surface area contributed by atoms with Crippen molar-refractivity contribution in [1.29, 1.82) is 0 Å². The van der Waals surface area contributed by atoms with E-state index in [1.807, 2.05) is 31.2 Å². The van der Waals surface area contributed by atoms with Gasteiger partial charge in [0.2, 0.25) is 0 Å². The maximum atomic E-state index is 5.97. The van der Waals surface area contributed by atoms with Crippen molar-refractivity contribution in [2.75, 3.05) is 70.9 Å². The number of benzene rings is 1. The van der Waals surface area contributed by atoms with Crippen LogP contribution in [0.1, 0.15) is 22.8 Å². The van der Waals surface area contributed by atoms with Crippen molar-refractivity contribution in [3.05, 3.63) is 47.3 Å². The van der Waals surface area contributed by atoms with Crippen LogP contribution in [0.5, 0.6) is 0 Å². The summed E-state index contributed by atoms with van der Waals surface area (Å²) < 4.78 is 7.80. The van der Waals surface area contributed by atoms with Crippen LogP contribution in [0.4, 0.5) is 5.69 Å². The molecule has 2 saturated heterocycles. The van der Waals surface area contributed by atoms with E-state index in [1.54, 1.807) is 0 Å². The minimum Gasteiger partial charge on any atom is -0.370 e. The number of halogens is 1. The maximum Gasteiger partial charge on any atom is 0.193 e. The smallest absolute Gasteiger partial charge is 0.193 e. The summed E-state index contributed by atoms with van der Waals surface area (Å²) in [7, 11) is 3.80. The van der Waals surface area contributed by atoms with Crippen LogP contribution in [0.15, 0.2) is 35.6 Å². The van der Waals surface area contributed by atoms with E-state index in [-0.39, 0.29) is 30.1 Å². The zero-order valence-electron chi connectivity index (χ0n) is 20.3. The van der Waals surface area contributed by atoms with E-state index in [1.165, 1.54) is 16.8 Å². The van der Waals surface area contributed by atoms with Crippen molar-refractivity contribution < 1.29 is 4.74 Å². The number of hydrogen-bond donors (Lipinski definition) is 1. The van der Waals surface area contributed by atoms with Crippen molar-refractivity contribution in [1.82, 2.24) is 24.9 Å². The molecule has 2 aliphatic heterocycles. The number of guanidine groups is 1. The quantitative estimate of drug-likeness (QED) is 0.341. The van der Waals surface area contributed by atoms with Gasteiger partial charge >= 0.3 is 0 Å². The number of aromatic nitrogens is 2. The van der Waals surface area contributed by atoms with Crippen LogP contribution < -0.4 is 10.2 Å². The Bertz CT molecular complexity index is 923. The van der Waals surface area contributed by atoms with Gasteiger partial charge in [0.15, 0.2) is 5.96 Å². The summed E-state index contributed by atoms with van der Waals surface area (Å²) in [5.74, 6) is 0.955. The van der Waals surface area contributed by atoms with Gasteiger partial charge in [-0.15, -0.1) is 24.0 Å². The van der Waals surface area contributed by atoms with Gasteiger partial charge in [-0.25, -0.2) is 0 Å². The topological polar surface area (TPSA) is 61.2 Å². The maximum absolute atomic E-state index is 5.97. The molecule has 0 amide bonds. The first kappa shape index (κ1) is 25.8. The molecule has 2 aromatic rings. The Labute approximate surface area is 215 Å². The summed E-state index contributed by atoms with van der Waals surface area (Å²) in [5, 5.41) is 7.85. The van der Waals surface area contributed by atoms with Gasteiger partial charge in [0.1, 0.15) is 6.10 Å². The molecule has 1 N–H and O–H groups in total. The first-order valence-electron chi connectivity index (χ1n) is 11.6. The highest BCUT2D eigenvalue weighted by Crippen LogP contribution is 2.24. The van der Waals surface area contributed by atoms with Crippen LogP contribution >= 0.6 is 24.0 Å². The van der Waals surface area contributed by atoms with E-state index in [9.17, 15) is 0 Å². The standard InChI is InChI=1S/C24H37N7O.HI/c1-19-6-5-7-22(20(19)2)30-12-10-29(11-13-30)9-8-26-24(25-3)31-14-15-32-23(18-31)21-16-27-28(4)17-21;/h5-7,16-17,23H,8-15,18H2,1-4H3,(H,25,26);1H. The fourth-order valence-electron chi connectivity index (χ4n) is 4.60. The fourth-order valence-corrected chi connectivity index (χ4v) is 4.60. The normalized spacial score (nSPS) is 20.0. The Balaban J connectivity index is 0.00000306. The SMILES string of the molecule is CN=C(NCCN1CCN(c2cccc(C)c2C)CC1)N1CCOC(c2cnn(C)c2)C1.I. The molecule has 9 heteroatoms. The van der Waals surface area contributed by atoms with Gasteiger partial charge in [-0.3, -0.25) is 14.6 Å². The molecule has 1 aromatic carbocycles. The van der Waals surface area contributed by atoms with Crippen LogP contribution in [-0.2, 0) is 11.8 Å². The Morgan fingerprint density at radius 2 is 1.97 bits per heavy atom. The number of aryl methyl sites for hydroxylation is 2. The number of anilines is 1. The minimum absolute atomic E-state index is 0. The number of rotatable bonds is 5. The monoisotopic (exact) mass is 567 g/mol. The highest BCUT2D eigenvalue weighted by atomic mass is 127. The second-order valence-electron chi connectivity index (χ2n) is 8.77. The highest BCUT2D eigenvalue weighted by Gasteiger charge is 2.25. The molecule has 3 heterocycles. The molecule has 0 radical (unpaired) electrons. The zero-order chi connectivity index (χ0) is 22.5. The van der Waals surface area contributed by atoms with Crippen molar-refractivity contribution >= 4 is 35.6 Å². The van der Waals surface area contributed by atoms with E-state index in [0.717, 1.165) is 63.9 Å². The molecular formula is C24H38IN7O. The molecule has 2 fully saturated rings. The molecule has 1 atom stereocenters. The lowest BCUT2D eigenvalue weighted by molar-refractivity contribution is -0.00805. The highest BCUT2D eigenvalue weighted by molar-refractivity contribution is 14.0. The first-order chi connectivity index (χ1) is 15.5. The lowest BCUT2D eigenvalue weighted by atomic mass is 10.1. The second kappa shape index (κ2) is 12.0. The molecule has 1 aromatic heterocycles. The average molecular weight is 568 g/mol. The third-order valence-corrected chi connectivity index (χ3v) is 6.67. The van der Waals surface area contributed by atoms with Crippen LogP contribution in [0.2, 0.25) is 0 Å². The van der Waals surface area contributed by atoms with Crippen molar-refractivity contribution in [2.24, 2.45) is 12.0 Å². The third kappa shape index (κ3) is 6.39. The summed E-state index contributed by atoms with van der Waals surface area (Å²) in [4.78, 5) is 11.9. The van der Waals surface area contributed by atoms with Gasteiger partial charge in [-0.1, -0.05) is 12.1 Å². The van der Waals surface area contributed by atoms with Gasteiger partial charge in [-0.05, 0) is 31.0 Å². The molecule has 2 aliphatic rings. The number of nitrogens with one attached hydrogen (secondary N) is 1. The average Bonchev–Trinajstić information content (AvgIpc) is 3.25. The molecule has 4 rings (SSSR count). The Kier molecular flexibility index (Phi) is 9.39. The van der Waals surface area contributed by atoms with Crippen LogP contribution in [0.25, 0.3) is 0 Å². The summed E-state index contributed by atoms with van der Waals surface area (Å²) in [6, 6.07) is 6.62. The predicted molar refractivity (Wildman–Crippen MR) is 145 cm³/mol. The molecule has 33 heavy (non-hydrogen) atoms. The largest absolute Gasteiger partial charge is 0.370 e. The van der Waals surface area contributed by atoms with Gasteiger partial charge in [-0.2, -0.15) is 5.10 Å². The van der Waals surface area contributed by atoms with Crippen LogP contribution in [-0.4, -0.2) is 91.6 Å². The van der Waals surface area contributed by atoms with Crippen molar-refractivity contribution in [3.8, 4) is 0 Å². The first-order valence-corrected chi connectivity index (χ1v) is 11.6. The summed E-state index contributed by atoms with van der Waals surface area (Å²) in [6.07, 6.45) is 3.96. The van der Waals surface area contributed by atoms with E-state index in [2.05, 4.69) is 62.2 Å². The van der Waals surface area contributed by atoms with E-state index >= 15 is 0 Å². The number of piperazine rings is 1. The molecular weight excluding hydrogens is 529 g/mol. The number of aliphatic imine (C=N–C) groups is 1. The predicted octanol–water partition coefficient (Wildman–Crippen LogP) is 2.43. The van der Waals surface area contributed by atoms with Gasteiger partial charge in [0.05, 0.1) is 19.3 Å². The van der Waals surface area contributed by atoms with Crippen molar-refractivity contribution in [3.63, 3.8) is 0 Å². The molecule has 8 nitrogen and oxygen atoms in total. The molecule has 182 valence electrons. The van der Waals surface area contributed by atoms with E-state index in [4.69, 9.17) is 4.74 Å². The minimum atomic E-state index is 0. The Morgan fingerprint density at radius 3 is 2.67 bits per heavy atom. The van der Waals surface area contributed by atoms with Crippen molar-refractivity contribution in [2.45, 2.75) is 20.0 Å². The van der Waals surface area contributed by atoms with E-state index < -0.39 is 0 Å². The molecule has 0 spiro atoms. The number of morpholine rings is 1. The number of nitrogens with zero attached hydrogens (tertiary/aromatic N) is 6. The van der Waals surface area contributed by atoms with E-state index in [0.29, 0.717) is 6.61 Å². The summed E-state index contributed by atoms with van der Waals surface area (Å²) in [5.41, 5.74) is 5.28. The molecule has 0 saturated carbocycles. The molecule has 1 unspecified atom stereocenters. The summed E-state index contributed by atoms with van der Waals surface area (Å²) >= 11 is 0. The van der Waals surface area contributed by atoms with Gasteiger partial charge in [0, 0.05) is 77.4 Å². The van der Waals surface area contributed by atoms with Gasteiger partial charge < -0.3 is 19.9 Å². The summed E-state index contributed by atoms with van der Waals surface area (Å²) in [6.45, 7) is 13.0. The Hall–Kier alpha value is -1.85. The lowest BCUT2D eigenvalue weighted by Gasteiger charge is -2.37. The fraction of sp³-hybridized carbons (Fsp3) is 0.583. The van der Waals surface area contributed by atoms with Crippen LogP contribution in [0.3, 0.4) is 0 Å². The van der Waals surface area contributed by atoms with Gasteiger partial charge in [0.25, 0.3) is 0 Å². The second-order valence-corrected chi connectivity index (χ2v) is 8.77. The molecule has 0 aliphatic carbocycles. The Morgan fingerprint density at radius 1 is 1.18 bits per heavy atom. The zero-order valence-corrected chi connectivity index (χ0v) is 22.7. The lowest BCUT2D eigenvalue weighted by Crippen LogP contribution is -2.51. The third-order valence-electron chi connectivity index (χ3n) is 6.67. The van der Waals surface area contributed by atoms with Crippen LogP contribution in [0, 0.1) is 13.8 Å².